The Kier molecular flexibility index (Phi) is 6.64. The molecule has 1 amide bonds. The molecule has 0 aliphatic heterocycles. The van der Waals surface area contributed by atoms with Crippen LogP contribution in [0.1, 0.15) is 24.2 Å². The molecule has 6 nitrogen and oxygen atoms in total. The highest BCUT2D eigenvalue weighted by atomic mass is 35.5. The predicted molar refractivity (Wildman–Crippen MR) is 119 cm³/mol. The molecule has 0 aromatic heterocycles. The molecule has 3 aromatic rings. The van der Waals surface area contributed by atoms with Gasteiger partial charge < -0.3 is 10.1 Å². The third kappa shape index (κ3) is 5.52. The average molecular weight is 445 g/mol. The van der Waals surface area contributed by atoms with E-state index in [1.807, 2.05) is 13.8 Å². The minimum absolute atomic E-state index is 0.0606. The second-order valence-corrected chi connectivity index (χ2v) is 8.85. The number of carbonyl (C=O) groups excluding carboxylic acids is 1. The summed E-state index contributed by atoms with van der Waals surface area (Å²) in [6.07, 6.45) is 0.0606. The summed E-state index contributed by atoms with van der Waals surface area (Å²) in [6, 6.07) is 19.3. The lowest BCUT2D eigenvalue weighted by molar-refractivity contribution is 0.102. The maximum atomic E-state index is 12.5. The number of anilines is 2. The van der Waals surface area contributed by atoms with Crippen LogP contribution in [0.25, 0.3) is 0 Å². The zero-order chi connectivity index (χ0) is 21.7. The summed E-state index contributed by atoms with van der Waals surface area (Å²) in [7, 11) is -3.78. The third-order valence-corrected chi connectivity index (χ3v) is 5.71. The van der Waals surface area contributed by atoms with Crippen molar-refractivity contribution in [2.45, 2.75) is 24.8 Å². The molecule has 0 saturated carbocycles. The van der Waals surface area contributed by atoms with Crippen LogP contribution in [-0.2, 0) is 10.0 Å². The van der Waals surface area contributed by atoms with E-state index in [4.69, 9.17) is 16.3 Å². The summed E-state index contributed by atoms with van der Waals surface area (Å²) >= 11 is 6.22. The van der Waals surface area contributed by atoms with Gasteiger partial charge in [-0.1, -0.05) is 29.8 Å². The molecule has 30 heavy (non-hydrogen) atoms. The topological polar surface area (TPSA) is 84.5 Å². The van der Waals surface area contributed by atoms with Crippen LogP contribution in [0.4, 0.5) is 11.4 Å². The van der Waals surface area contributed by atoms with Gasteiger partial charge in [-0.2, -0.15) is 0 Å². The molecule has 0 atom stereocenters. The number of rotatable bonds is 7. The lowest BCUT2D eigenvalue weighted by Gasteiger charge is -2.12. The molecule has 0 bridgehead atoms. The van der Waals surface area contributed by atoms with Gasteiger partial charge >= 0.3 is 0 Å². The fourth-order valence-electron chi connectivity index (χ4n) is 2.63. The molecule has 0 aliphatic rings. The molecule has 0 fully saturated rings. The Hall–Kier alpha value is -3.03. The van der Waals surface area contributed by atoms with Crippen molar-refractivity contribution in [2.24, 2.45) is 0 Å². The molecule has 8 heteroatoms. The number of ether oxygens (including phenoxy) is 1. The summed E-state index contributed by atoms with van der Waals surface area (Å²) in [4.78, 5) is 12.6. The zero-order valence-electron chi connectivity index (χ0n) is 16.4. The van der Waals surface area contributed by atoms with Gasteiger partial charge in [0, 0.05) is 11.3 Å². The number of amides is 1. The first-order chi connectivity index (χ1) is 14.2. The SMILES string of the molecule is CC(C)Oc1ccc(NC(=O)c2ccc(NS(=O)(=O)c3ccccc3)c(Cl)c2)cc1. The Morgan fingerprint density at radius 2 is 1.63 bits per heavy atom. The van der Waals surface area contributed by atoms with E-state index in [9.17, 15) is 13.2 Å². The highest BCUT2D eigenvalue weighted by molar-refractivity contribution is 7.92. The lowest BCUT2D eigenvalue weighted by atomic mass is 10.2. The van der Waals surface area contributed by atoms with E-state index in [0.717, 1.165) is 0 Å². The van der Waals surface area contributed by atoms with Crippen LogP contribution in [0.3, 0.4) is 0 Å². The second-order valence-electron chi connectivity index (χ2n) is 6.76. The Bertz CT molecular complexity index is 1130. The van der Waals surface area contributed by atoms with Crippen molar-refractivity contribution in [2.75, 3.05) is 10.0 Å². The highest BCUT2D eigenvalue weighted by Crippen LogP contribution is 2.26. The lowest BCUT2D eigenvalue weighted by Crippen LogP contribution is -2.14. The maximum Gasteiger partial charge on any atom is 0.261 e. The molecule has 3 aromatic carbocycles. The first kappa shape index (κ1) is 21.7. The van der Waals surface area contributed by atoms with Crippen LogP contribution in [0, 0.1) is 0 Å². The van der Waals surface area contributed by atoms with Gasteiger partial charge in [-0.25, -0.2) is 8.42 Å². The summed E-state index contributed by atoms with van der Waals surface area (Å²) in [5.74, 6) is 0.341. The number of carbonyl (C=O) groups is 1. The largest absolute Gasteiger partial charge is 0.491 e. The number of benzene rings is 3. The normalized spacial score (nSPS) is 11.2. The van der Waals surface area contributed by atoms with E-state index < -0.39 is 10.0 Å². The highest BCUT2D eigenvalue weighted by Gasteiger charge is 2.16. The van der Waals surface area contributed by atoms with E-state index in [0.29, 0.717) is 17.0 Å². The predicted octanol–water partition coefficient (Wildman–Crippen LogP) is 5.18. The third-order valence-electron chi connectivity index (χ3n) is 4.01. The van der Waals surface area contributed by atoms with Gasteiger partial charge in [0.1, 0.15) is 5.75 Å². The van der Waals surface area contributed by atoms with E-state index in [1.54, 1.807) is 42.5 Å². The molecule has 0 radical (unpaired) electrons. The Morgan fingerprint density at radius 1 is 0.967 bits per heavy atom. The molecule has 0 spiro atoms. The summed E-state index contributed by atoms with van der Waals surface area (Å²) < 4.78 is 32.9. The van der Waals surface area contributed by atoms with Crippen molar-refractivity contribution in [3.05, 3.63) is 83.4 Å². The molecule has 2 N–H and O–H groups in total. The fourth-order valence-corrected chi connectivity index (χ4v) is 4.02. The molecule has 0 saturated heterocycles. The number of hydrogen-bond donors (Lipinski definition) is 2. The molecular weight excluding hydrogens is 424 g/mol. The minimum atomic E-state index is -3.78. The first-order valence-electron chi connectivity index (χ1n) is 9.20. The summed E-state index contributed by atoms with van der Waals surface area (Å²) in [5.41, 5.74) is 1.08. The number of halogens is 1. The van der Waals surface area contributed by atoms with Crippen LogP contribution in [-0.4, -0.2) is 20.4 Å². The van der Waals surface area contributed by atoms with Crippen molar-refractivity contribution in [1.29, 1.82) is 0 Å². The van der Waals surface area contributed by atoms with Crippen molar-refractivity contribution < 1.29 is 17.9 Å². The smallest absolute Gasteiger partial charge is 0.261 e. The van der Waals surface area contributed by atoms with Gasteiger partial charge in [-0.05, 0) is 68.4 Å². The Labute approximate surface area is 180 Å². The van der Waals surface area contributed by atoms with Gasteiger partial charge in [0.25, 0.3) is 15.9 Å². The van der Waals surface area contributed by atoms with Gasteiger partial charge in [-0.15, -0.1) is 0 Å². The zero-order valence-corrected chi connectivity index (χ0v) is 18.0. The summed E-state index contributed by atoms with van der Waals surface area (Å²) in [5, 5.41) is 2.88. The molecule has 0 unspecified atom stereocenters. The molecule has 3 rings (SSSR count). The standard InChI is InChI=1S/C22H21ClN2O4S/c1-15(2)29-18-11-9-17(10-12-18)24-22(26)16-8-13-21(20(23)14-16)25-30(27,28)19-6-4-3-5-7-19/h3-15,25H,1-2H3,(H,24,26). The summed E-state index contributed by atoms with van der Waals surface area (Å²) in [6.45, 7) is 3.87. The van der Waals surface area contributed by atoms with Crippen molar-refractivity contribution in [3.8, 4) is 5.75 Å². The van der Waals surface area contributed by atoms with Crippen LogP contribution in [0.5, 0.6) is 5.75 Å². The van der Waals surface area contributed by atoms with Crippen molar-refractivity contribution >= 4 is 38.9 Å². The van der Waals surface area contributed by atoms with E-state index in [1.165, 1.54) is 30.3 Å². The van der Waals surface area contributed by atoms with Crippen molar-refractivity contribution in [3.63, 3.8) is 0 Å². The van der Waals surface area contributed by atoms with Crippen LogP contribution < -0.4 is 14.8 Å². The number of hydrogen-bond acceptors (Lipinski definition) is 4. The maximum absolute atomic E-state index is 12.5. The molecule has 0 heterocycles. The van der Waals surface area contributed by atoms with Crippen LogP contribution in [0.2, 0.25) is 5.02 Å². The average Bonchev–Trinajstić information content (AvgIpc) is 2.71. The van der Waals surface area contributed by atoms with E-state index in [-0.39, 0.29) is 27.6 Å². The van der Waals surface area contributed by atoms with Gasteiger partial charge in [0.15, 0.2) is 0 Å². The van der Waals surface area contributed by atoms with Crippen LogP contribution in [0.15, 0.2) is 77.7 Å². The van der Waals surface area contributed by atoms with Crippen LogP contribution >= 0.6 is 11.6 Å². The second kappa shape index (κ2) is 9.19. The molecule has 0 aliphatic carbocycles. The Morgan fingerprint density at radius 3 is 2.23 bits per heavy atom. The monoisotopic (exact) mass is 444 g/mol. The Balaban J connectivity index is 1.71. The van der Waals surface area contributed by atoms with Gasteiger partial charge in [-0.3, -0.25) is 9.52 Å². The number of sulfonamides is 1. The van der Waals surface area contributed by atoms with Crippen molar-refractivity contribution in [1.82, 2.24) is 0 Å². The van der Waals surface area contributed by atoms with E-state index in [2.05, 4.69) is 10.0 Å². The van der Waals surface area contributed by atoms with Gasteiger partial charge in [0.05, 0.1) is 21.7 Å². The quantitative estimate of drug-likeness (QED) is 0.525. The van der Waals surface area contributed by atoms with E-state index >= 15 is 0 Å². The number of nitrogens with one attached hydrogen (secondary N) is 2. The molecular formula is C22H21ClN2O4S. The minimum Gasteiger partial charge on any atom is -0.491 e. The molecule has 156 valence electrons. The van der Waals surface area contributed by atoms with Gasteiger partial charge in [0.2, 0.25) is 0 Å². The fraction of sp³-hybridized carbons (Fsp3) is 0.136. The first-order valence-corrected chi connectivity index (χ1v) is 11.1.